The molecule has 3 nitrogen and oxygen atoms in total. The van der Waals surface area contributed by atoms with E-state index in [9.17, 15) is 4.79 Å². The Hall–Kier alpha value is -0.570. The molecule has 3 heteroatoms. The predicted octanol–water partition coefficient (Wildman–Crippen LogP) is 7.99. The molecule has 1 heterocycles. The van der Waals surface area contributed by atoms with Gasteiger partial charge in [-0.2, -0.15) is 0 Å². The first kappa shape index (κ1) is 26.5. The fourth-order valence-electron chi connectivity index (χ4n) is 4.02. The maximum atomic E-state index is 11.9. The van der Waals surface area contributed by atoms with Crippen LogP contribution in [0.25, 0.3) is 0 Å². The number of hydrogen-bond acceptors (Lipinski definition) is 3. The van der Waals surface area contributed by atoms with Crippen molar-refractivity contribution in [3.63, 3.8) is 0 Å². The van der Waals surface area contributed by atoms with Crippen LogP contribution in [0.1, 0.15) is 136 Å². The van der Waals surface area contributed by atoms with Crippen LogP contribution in [-0.4, -0.2) is 24.8 Å². The molecule has 2 atom stereocenters. The first-order valence-corrected chi connectivity index (χ1v) is 13.0. The van der Waals surface area contributed by atoms with Crippen molar-refractivity contribution >= 4 is 5.97 Å². The fraction of sp³-hybridized carbons (Fsp3) is 0.962. The number of ether oxygens (including phenoxy) is 2. The Bertz CT molecular complexity index is 380. The molecule has 0 aromatic heterocycles. The third kappa shape index (κ3) is 15.9. The van der Waals surface area contributed by atoms with E-state index in [0.717, 1.165) is 25.2 Å². The van der Waals surface area contributed by atoms with Crippen LogP contribution in [0.2, 0.25) is 0 Å². The second-order valence-corrected chi connectivity index (χ2v) is 9.54. The third-order valence-electron chi connectivity index (χ3n) is 6.08. The normalized spacial score (nSPS) is 18.3. The lowest BCUT2D eigenvalue weighted by Crippen LogP contribution is -2.14. The van der Waals surface area contributed by atoms with Gasteiger partial charge in [0, 0.05) is 0 Å². The van der Waals surface area contributed by atoms with Gasteiger partial charge in [-0.3, -0.25) is 0 Å². The van der Waals surface area contributed by atoms with E-state index < -0.39 is 0 Å². The Balaban J connectivity index is 1.79. The van der Waals surface area contributed by atoms with Crippen molar-refractivity contribution in [1.82, 2.24) is 0 Å². The minimum Gasteiger partial charge on any atom is -0.464 e. The highest BCUT2D eigenvalue weighted by Crippen LogP contribution is 2.29. The van der Waals surface area contributed by atoms with Gasteiger partial charge in [-0.1, -0.05) is 124 Å². The summed E-state index contributed by atoms with van der Waals surface area (Å²) in [6.45, 7) is 7.34. The average Bonchev–Trinajstić information content (AvgIpc) is 3.47. The number of epoxide rings is 1. The van der Waals surface area contributed by atoms with E-state index in [1.807, 2.05) is 0 Å². The SMILES string of the molecule is CCCCCCCCCCCCCCCC1OC1C(=O)OCCCCCC(C)C. The van der Waals surface area contributed by atoms with E-state index in [1.54, 1.807) is 0 Å². The van der Waals surface area contributed by atoms with Gasteiger partial charge in [0.2, 0.25) is 0 Å². The maximum Gasteiger partial charge on any atom is 0.338 e. The monoisotopic (exact) mass is 410 g/mol. The molecule has 1 aliphatic rings. The van der Waals surface area contributed by atoms with Crippen molar-refractivity contribution in [3.8, 4) is 0 Å². The standard InChI is InChI=1S/C26H50O3/c1-4-5-6-7-8-9-10-11-12-13-14-15-18-21-24-25(29-24)26(27)28-22-19-16-17-20-23(2)3/h23-25H,4-22H2,1-3H3. The molecule has 0 radical (unpaired) electrons. The maximum absolute atomic E-state index is 11.9. The number of carbonyl (C=O) groups excluding carboxylic acids is 1. The van der Waals surface area contributed by atoms with Crippen molar-refractivity contribution in [2.45, 2.75) is 149 Å². The zero-order valence-corrected chi connectivity index (χ0v) is 19.9. The van der Waals surface area contributed by atoms with Gasteiger partial charge >= 0.3 is 5.97 Å². The molecule has 0 aromatic rings. The number of esters is 1. The lowest BCUT2D eigenvalue weighted by atomic mass is 10.0. The Morgan fingerprint density at radius 2 is 1.28 bits per heavy atom. The summed E-state index contributed by atoms with van der Waals surface area (Å²) in [5.74, 6) is 0.636. The van der Waals surface area contributed by atoms with E-state index in [-0.39, 0.29) is 18.2 Å². The first-order valence-electron chi connectivity index (χ1n) is 13.0. The molecule has 0 spiro atoms. The fourth-order valence-corrected chi connectivity index (χ4v) is 4.02. The molecule has 0 N–H and O–H groups in total. The van der Waals surface area contributed by atoms with Crippen LogP contribution in [0.3, 0.4) is 0 Å². The lowest BCUT2D eigenvalue weighted by Gasteiger charge is -2.05. The van der Waals surface area contributed by atoms with Gasteiger partial charge in [-0.05, 0) is 18.8 Å². The van der Waals surface area contributed by atoms with Crippen LogP contribution in [0.5, 0.6) is 0 Å². The zero-order chi connectivity index (χ0) is 21.2. The molecular weight excluding hydrogens is 360 g/mol. The third-order valence-corrected chi connectivity index (χ3v) is 6.08. The second kappa shape index (κ2) is 18.2. The number of rotatable bonds is 21. The highest BCUT2D eigenvalue weighted by atomic mass is 16.6. The Labute approximate surface area is 181 Å². The Morgan fingerprint density at radius 3 is 1.83 bits per heavy atom. The van der Waals surface area contributed by atoms with E-state index >= 15 is 0 Å². The van der Waals surface area contributed by atoms with E-state index in [4.69, 9.17) is 9.47 Å². The molecule has 0 aliphatic carbocycles. The van der Waals surface area contributed by atoms with Crippen molar-refractivity contribution in [1.29, 1.82) is 0 Å². The summed E-state index contributed by atoms with van der Waals surface area (Å²) < 4.78 is 10.9. The summed E-state index contributed by atoms with van der Waals surface area (Å²) in [6.07, 6.45) is 23.4. The summed E-state index contributed by atoms with van der Waals surface area (Å²) in [5, 5.41) is 0. The van der Waals surface area contributed by atoms with Crippen molar-refractivity contribution < 1.29 is 14.3 Å². The molecule has 172 valence electrons. The second-order valence-electron chi connectivity index (χ2n) is 9.54. The van der Waals surface area contributed by atoms with Gasteiger partial charge < -0.3 is 9.47 Å². The summed E-state index contributed by atoms with van der Waals surface area (Å²) >= 11 is 0. The summed E-state index contributed by atoms with van der Waals surface area (Å²) in [6, 6.07) is 0. The van der Waals surface area contributed by atoms with Gasteiger partial charge in [0.1, 0.15) is 0 Å². The molecule has 0 amide bonds. The smallest absolute Gasteiger partial charge is 0.338 e. The van der Waals surface area contributed by atoms with Crippen molar-refractivity contribution in [2.75, 3.05) is 6.61 Å². The van der Waals surface area contributed by atoms with Gasteiger partial charge in [0.25, 0.3) is 0 Å². The zero-order valence-electron chi connectivity index (χ0n) is 19.9. The van der Waals surface area contributed by atoms with E-state index in [2.05, 4.69) is 20.8 Å². The van der Waals surface area contributed by atoms with Crippen molar-refractivity contribution in [2.24, 2.45) is 5.92 Å². The average molecular weight is 411 g/mol. The highest BCUT2D eigenvalue weighted by molar-refractivity contribution is 5.77. The van der Waals surface area contributed by atoms with Crippen molar-refractivity contribution in [3.05, 3.63) is 0 Å². The van der Waals surface area contributed by atoms with Gasteiger partial charge in [-0.15, -0.1) is 0 Å². The molecule has 0 saturated carbocycles. The van der Waals surface area contributed by atoms with Crippen LogP contribution in [-0.2, 0) is 14.3 Å². The quantitative estimate of drug-likeness (QED) is 0.109. The van der Waals surface area contributed by atoms with E-state index in [0.29, 0.717) is 6.61 Å². The highest BCUT2D eigenvalue weighted by Gasteiger charge is 2.45. The van der Waals surface area contributed by atoms with Gasteiger partial charge in [-0.25, -0.2) is 4.79 Å². The van der Waals surface area contributed by atoms with Crippen LogP contribution in [0.15, 0.2) is 0 Å². The molecule has 1 rings (SSSR count). The molecule has 1 fully saturated rings. The van der Waals surface area contributed by atoms with E-state index in [1.165, 1.54) is 96.3 Å². The lowest BCUT2D eigenvalue weighted by molar-refractivity contribution is -0.145. The number of hydrogen-bond donors (Lipinski definition) is 0. The minimum absolute atomic E-state index is 0.131. The largest absolute Gasteiger partial charge is 0.464 e. The predicted molar refractivity (Wildman–Crippen MR) is 123 cm³/mol. The summed E-state index contributed by atoms with van der Waals surface area (Å²) in [4.78, 5) is 11.9. The summed E-state index contributed by atoms with van der Waals surface area (Å²) in [7, 11) is 0. The van der Waals surface area contributed by atoms with Gasteiger partial charge in [0.15, 0.2) is 6.10 Å². The number of unbranched alkanes of at least 4 members (excludes halogenated alkanes) is 14. The van der Waals surface area contributed by atoms with Crippen LogP contribution in [0, 0.1) is 5.92 Å². The molecule has 29 heavy (non-hydrogen) atoms. The molecule has 0 bridgehead atoms. The molecular formula is C26H50O3. The summed E-state index contributed by atoms with van der Waals surface area (Å²) in [5.41, 5.74) is 0. The minimum atomic E-state index is -0.261. The molecule has 0 aromatic carbocycles. The van der Waals surface area contributed by atoms with Crippen LogP contribution < -0.4 is 0 Å². The molecule has 1 aliphatic heterocycles. The van der Waals surface area contributed by atoms with Crippen LogP contribution in [0.4, 0.5) is 0 Å². The molecule has 2 unspecified atom stereocenters. The Kier molecular flexibility index (Phi) is 16.6. The number of carbonyl (C=O) groups is 1. The first-order chi connectivity index (χ1) is 14.1. The van der Waals surface area contributed by atoms with Gasteiger partial charge in [0.05, 0.1) is 12.7 Å². The topological polar surface area (TPSA) is 38.8 Å². The van der Waals surface area contributed by atoms with Crippen LogP contribution >= 0.6 is 0 Å². The molecule has 1 saturated heterocycles. The Morgan fingerprint density at radius 1 is 0.759 bits per heavy atom.